The van der Waals surface area contributed by atoms with Crippen molar-refractivity contribution in [2.24, 2.45) is 5.73 Å². The third kappa shape index (κ3) is 3.55. The number of nitrogens with two attached hydrogens (primary N) is 1. The summed E-state index contributed by atoms with van der Waals surface area (Å²) in [5.41, 5.74) is 7.63. The maximum atomic E-state index is 10.7. The van der Waals surface area contributed by atoms with Gasteiger partial charge in [0, 0.05) is 18.2 Å². The SMILES string of the molecule is C[C@@H](N)c1ccc(OCc2cccc([N+](=O)[O-])c2)cc1. The van der Waals surface area contributed by atoms with Crippen LogP contribution in [0.2, 0.25) is 0 Å². The van der Waals surface area contributed by atoms with Crippen molar-refractivity contribution in [2.45, 2.75) is 19.6 Å². The number of non-ortho nitro benzene ring substituents is 1. The van der Waals surface area contributed by atoms with Crippen LogP contribution < -0.4 is 10.5 Å². The predicted octanol–water partition coefficient (Wildman–Crippen LogP) is 3.19. The van der Waals surface area contributed by atoms with Gasteiger partial charge in [-0.15, -0.1) is 0 Å². The fourth-order valence-corrected chi connectivity index (χ4v) is 1.79. The summed E-state index contributed by atoms with van der Waals surface area (Å²) in [6.07, 6.45) is 0. The molecule has 0 aliphatic carbocycles. The normalized spacial score (nSPS) is 11.9. The average molecular weight is 272 g/mol. The van der Waals surface area contributed by atoms with E-state index in [-0.39, 0.29) is 11.7 Å². The highest BCUT2D eigenvalue weighted by atomic mass is 16.6. The number of hydrogen-bond donors (Lipinski definition) is 1. The van der Waals surface area contributed by atoms with Gasteiger partial charge in [0.25, 0.3) is 5.69 Å². The zero-order valence-electron chi connectivity index (χ0n) is 11.2. The standard InChI is InChI=1S/C15H16N2O3/c1-11(16)13-5-7-15(8-6-13)20-10-12-3-2-4-14(9-12)17(18)19/h2-9,11H,10,16H2,1H3/t11-/m1/s1. The molecule has 2 aromatic rings. The van der Waals surface area contributed by atoms with Gasteiger partial charge in [-0.05, 0) is 30.2 Å². The first-order chi connectivity index (χ1) is 9.56. The molecule has 0 heterocycles. The Kier molecular flexibility index (Phi) is 4.32. The van der Waals surface area contributed by atoms with E-state index in [1.165, 1.54) is 12.1 Å². The average Bonchev–Trinajstić information content (AvgIpc) is 2.46. The molecule has 0 fully saturated rings. The van der Waals surface area contributed by atoms with Crippen molar-refractivity contribution in [3.8, 4) is 5.75 Å². The molecule has 0 bridgehead atoms. The molecule has 0 amide bonds. The minimum Gasteiger partial charge on any atom is -0.489 e. The molecule has 2 N–H and O–H groups in total. The second kappa shape index (κ2) is 6.16. The molecule has 5 nitrogen and oxygen atoms in total. The van der Waals surface area contributed by atoms with Gasteiger partial charge in [-0.25, -0.2) is 0 Å². The van der Waals surface area contributed by atoms with E-state index in [1.54, 1.807) is 12.1 Å². The second-order valence-electron chi connectivity index (χ2n) is 4.57. The molecule has 0 aliphatic heterocycles. The number of benzene rings is 2. The van der Waals surface area contributed by atoms with Crippen molar-refractivity contribution in [3.63, 3.8) is 0 Å². The van der Waals surface area contributed by atoms with Crippen molar-refractivity contribution in [3.05, 3.63) is 69.8 Å². The highest BCUT2D eigenvalue weighted by Crippen LogP contribution is 2.18. The van der Waals surface area contributed by atoms with Gasteiger partial charge in [-0.1, -0.05) is 24.3 Å². The van der Waals surface area contributed by atoms with Crippen LogP contribution in [0.3, 0.4) is 0 Å². The van der Waals surface area contributed by atoms with Crippen molar-refractivity contribution < 1.29 is 9.66 Å². The van der Waals surface area contributed by atoms with E-state index >= 15 is 0 Å². The number of nitrogens with zero attached hydrogens (tertiary/aromatic N) is 1. The minimum absolute atomic E-state index is 0.0131. The fraction of sp³-hybridized carbons (Fsp3) is 0.200. The topological polar surface area (TPSA) is 78.4 Å². The molecule has 1 atom stereocenters. The van der Waals surface area contributed by atoms with Gasteiger partial charge < -0.3 is 10.5 Å². The molecule has 0 aromatic heterocycles. The van der Waals surface area contributed by atoms with Gasteiger partial charge in [0.15, 0.2) is 0 Å². The molecule has 104 valence electrons. The van der Waals surface area contributed by atoms with E-state index in [4.69, 9.17) is 10.5 Å². The van der Waals surface area contributed by atoms with Crippen molar-refractivity contribution in [1.82, 2.24) is 0 Å². The van der Waals surface area contributed by atoms with E-state index in [9.17, 15) is 10.1 Å². The van der Waals surface area contributed by atoms with Gasteiger partial charge in [-0.3, -0.25) is 10.1 Å². The van der Waals surface area contributed by atoms with Crippen LogP contribution in [0.15, 0.2) is 48.5 Å². The van der Waals surface area contributed by atoms with Crippen LogP contribution in [0, 0.1) is 10.1 Å². The Hall–Kier alpha value is -2.40. The summed E-state index contributed by atoms with van der Waals surface area (Å²) in [6.45, 7) is 2.21. The molecule has 2 aromatic carbocycles. The zero-order valence-corrected chi connectivity index (χ0v) is 11.2. The lowest BCUT2D eigenvalue weighted by Gasteiger charge is -2.09. The summed E-state index contributed by atoms with van der Waals surface area (Å²) in [5.74, 6) is 0.709. The van der Waals surface area contributed by atoms with Gasteiger partial charge in [0.1, 0.15) is 12.4 Å². The first-order valence-corrected chi connectivity index (χ1v) is 6.28. The number of nitro groups is 1. The Bertz CT molecular complexity index is 594. The highest BCUT2D eigenvalue weighted by molar-refractivity contribution is 5.34. The van der Waals surface area contributed by atoms with Crippen LogP contribution in [0.5, 0.6) is 5.75 Å². The van der Waals surface area contributed by atoms with Crippen LogP contribution in [0.25, 0.3) is 0 Å². The molecule has 0 aliphatic rings. The number of rotatable bonds is 5. The van der Waals surface area contributed by atoms with Gasteiger partial charge in [0.2, 0.25) is 0 Å². The molecule has 0 unspecified atom stereocenters. The lowest BCUT2D eigenvalue weighted by molar-refractivity contribution is -0.384. The quantitative estimate of drug-likeness (QED) is 0.669. The van der Waals surface area contributed by atoms with E-state index in [0.29, 0.717) is 12.4 Å². The summed E-state index contributed by atoms with van der Waals surface area (Å²) in [7, 11) is 0. The smallest absolute Gasteiger partial charge is 0.269 e. The monoisotopic (exact) mass is 272 g/mol. The Labute approximate surface area is 117 Å². The van der Waals surface area contributed by atoms with Crippen molar-refractivity contribution in [2.75, 3.05) is 0 Å². The van der Waals surface area contributed by atoms with Crippen molar-refractivity contribution in [1.29, 1.82) is 0 Å². The van der Waals surface area contributed by atoms with Crippen LogP contribution >= 0.6 is 0 Å². The third-order valence-electron chi connectivity index (χ3n) is 2.93. The number of hydrogen-bond acceptors (Lipinski definition) is 4. The van der Waals surface area contributed by atoms with E-state index in [0.717, 1.165) is 11.1 Å². The number of ether oxygens (including phenoxy) is 1. The van der Waals surface area contributed by atoms with Crippen LogP contribution in [-0.2, 0) is 6.61 Å². The summed E-state index contributed by atoms with van der Waals surface area (Å²) < 4.78 is 5.60. The Morgan fingerprint density at radius 3 is 2.55 bits per heavy atom. The molecule has 0 spiro atoms. The minimum atomic E-state index is -0.416. The van der Waals surface area contributed by atoms with Crippen molar-refractivity contribution >= 4 is 5.69 Å². The molecule has 5 heteroatoms. The molecule has 0 radical (unpaired) electrons. The highest BCUT2D eigenvalue weighted by Gasteiger charge is 2.06. The first kappa shape index (κ1) is 14.0. The fourth-order valence-electron chi connectivity index (χ4n) is 1.79. The van der Waals surface area contributed by atoms with Gasteiger partial charge in [-0.2, -0.15) is 0 Å². The molecule has 0 saturated heterocycles. The van der Waals surface area contributed by atoms with E-state index < -0.39 is 4.92 Å². The summed E-state index contributed by atoms with van der Waals surface area (Å²) in [5, 5.41) is 10.7. The van der Waals surface area contributed by atoms with Crippen LogP contribution in [-0.4, -0.2) is 4.92 Å². The molecular formula is C15H16N2O3. The lowest BCUT2D eigenvalue weighted by Crippen LogP contribution is -2.04. The van der Waals surface area contributed by atoms with Gasteiger partial charge >= 0.3 is 0 Å². The summed E-state index contributed by atoms with van der Waals surface area (Å²) >= 11 is 0. The Balaban J connectivity index is 2.01. The summed E-state index contributed by atoms with van der Waals surface area (Å²) in [4.78, 5) is 10.3. The first-order valence-electron chi connectivity index (χ1n) is 6.28. The maximum absolute atomic E-state index is 10.7. The zero-order chi connectivity index (χ0) is 14.5. The van der Waals surface area contributed by atoms with E-state index in [2.05, 4.69) is 0 Å². The van der Waals surface area contributed by atoms with E-state index in [1.807, 2.05) is 31.2 Å². The molecule has 20 heavy (non-hydrogen) atoms. The van der Waals surface area contributed by atoms with Crippen LogP contribution in [0.1, 0.15) is 24.1 Å². The largest absolute Gasteiger partial charge is 0.489 e. The third-order valence-corrected chi connectivity index (χ3v) is 2.93. The Morgan fingerprint density at radius 1 is 1.25 bits per heavy atom. The molecule has 2 rings (SSSR count). The number of nitro benzene ring substituents is 1. The molecule has 0 saturated carbocycles. The van der Waals surface area contributed by atoms with Crippen LogP contribution in [0.4, 0.5) is 5.69 Å². The maximum Gasteiger partial charge on any atom is 0.269 e. The van der Waals surface area contributed by atoms with Gasteiger partial charge in [0.05, 0.1) is 4.92 Å². The Morgan fingerprint density at radius 2 is 1.95 bits per heavy atom. The predicted molar refractivity (Wildman–Crippen MR) is 76.5 cm³/mol. The molecular weight excluding hydrogens is 256 g/mol. The second-order valence-corrected chi connectivity index (χ2v) is 4.57. The lowest BCUT2D eigenvalue weighted by atomic mass is 10.1. The summed E-state index contributed by atoms with van der Waals surface area (Å²) in [6, 6.07) is 13.9.